The largest absolute Gasteiger partial charge is 0.454 e. The summed E-state index contributed by atoms with van der Waals surface area (Å²) in [7, 11) is 0. The number of urea groups is 1. The summed E-state index contributed by atoms with van der Waals surface area (Å²) in [5.74, 6) is -1.46. The molecule has 0 spiro atoms. The first kappa shape index (κ1) is 22.2. The molecule has 0 saturated carbocycles. The fourth-order valence-electron chi connectivity index (χ4n) is 2.77. The Morgan fingerprint density at radius 1 is 1.14 bits per heavy atom. The van der Waals surface area contributed by atoms with Crippen LogP contribution in [0.4, 0.5) is 9.59 Å². The van der Waals surface area contributed by atoms with Gasteiger partial charge in [0.05, 0.1) is 0 Å². The highest BCUT2D eigenvalue weighted by Crippen LogP contribution is 2.21. The number of ether oxygens (including phenoxy) is 2. The molecular weight excluding hydrogens is 378 g/mol. The van der Waals surface area contributed by atoms with Gasteiger partial charge >= 0.3 is 18.1 Å². The Bertz CT molecular complexity index is 744. The van der Waals surface area contributed by atoms with E-state index in [4.69, 9.17) is 9.47 Å². The molecule has 0 radical (unpaired) electrons. The number of carbonyl (C=O) groups is 4. The molecule has 1 aliphatic rings. The summed E-state index contributed by atoms with van der Waals surface area (Å²) < 4.78 is 10.3. The van der Waals surface area contributed by atoms with Crippen LogP contribution in [0, 0.1) is 0 Å². The summed E-state index contributed by atoms with van der Waals surface area (Å²) in [6, 6.07) is 7.71. The van der Waals surface area contributed by atoms with Gasteiger partial charge < -0.3 is 14.8 Å². The SMILES string of the molecule is CC(C)(C)OC(=O)N1CCC[C@H]1C(=O)OCC(=O)NC(=O)NCc1ccccc1. The summed E-state index contributed by atoms with van der Waals surface area (Å²) in [4.78, 5) is 49.4. The molecule has 9 nitrogen and oxygen atoms in total. The van der Waals surface area contributed by atoms with Crippen molar-refractivity contribution < 1.29 is 28.7 Å². The molecule has 1 fully saturated rings. The van der Waals surface area contributed by atoms with Crippen molar-refractivity contribution in [3.8, 4) is 0 Å². The second-order valence-corrected chi connectivity index (χ2v) is 7.66. The van der Waals surface area contributed by atoms with Crippen molar-refractivity contribution in [2.45, 2.75) is 51.8 Å². The Balaban J connectivity index is 1.75. The summed E-state index contributed by atoms with van der Waals surface area (Å²) in [6.45, 7) is 5.23. The van der Waals surface area contributed by atoms with Gasteiger partial charge in [-0.1, -0.05) is 30.3 Å². The maximum atomic E-state index is 12.3. The van der Waals surface area contributed by atoms with Gasteiger partial charge in [0.1, 0.15) is 11.6 Å². The number of benzene rings is 1. The van der Waals surface area contributed by atoms with E-state index in [1.165, 1.54) is 4.90 Å². The molecule has 1 atom stereocenters. The van der Waals surface area contributed by atoms with Gasteiger partial charge in [0.2, 0.25) is 0 Å². The Morgan fingerprint density at radius 2 is 1.83 bits per heavy atom. The van der Waals surface area contributed by atoms with E-state index in [9.17, 15) is 19.2 Å². The Hall–Kier alpha value is -3.10. The topological polar surface area (TPSA) is 114 Å². The fraction of sp³-hybridized carbons (Fsp3) is 0.500. The molecule has 0 aliphatic carbocycles. The first-order chi connectivity index (χ1) is 13.7. The number of imide groups is 1. The van der Waals surface area contributed by atoms with Crippen LogP contribution in [0.1, 0.15) is 39.2 Å². The van der Waals surface area contributed by atoms with Gasteiger partial charge in [-0.3, -0.25) is 15.0 Å². The summed E-state index contributed by atoms with van der Waals surface area (Å²) in [5.41, 5.74) is 0.200. The molecule has 29 heavy (non-hydrogen) atoms. The second-order valence-electron chi connectivity index (χ2n) is 7.66. The first-order valence-electron chi connectivity index (χ1n) is 9.43. The van der Waals surface area contributed by atoms with Crippen LogP contribution >= 0.6 is 0 Å². The summed E-state index contributed by atoms with van der Waals surface area (Å²) in [5, 5.41) is 4.63. The van der Waals surface area contributed by atoms with Gasteiger partial charge in [0.15, 0.2) is 6.61 Å². The van der Waals surface area contributed by atoms with E-state index in [2.05, 4.69) is 10.6 Å². The van der Waals surface area contributed by atoms with Gasteiger partial charge in [-0.25, -0.2) is 14.4 Å². The molecule has 2 N–H and O–H groups in total. The third-order valence-electron chi connectivity index (χ3n) is 4.05. The second kappa shape index (κ2) is 9.90. The Kier molecular flexibility index (Phi) is 7.58. The van der Waals surface area contributed by atoms with Crippen molar-refractivity contribution in [3.63, 3.8) is 0 Å². The summed E-state index contributed by atoms with van der Waals surface area (Å²) >= 11 is 0. The van der Waals surface area contributed by atoms with E-state index in [1.807, 2.05) is 30.3 Å². The number of nitrogens with zero attached hydrogens (tertiary/aromatic N) is 1. The van der Waals surface area contributed by atoms with Gasteiger partial charge in [0, 0.05) is 13.1 Å². The third-order valence-corrected chi connectivity index (χ3v) is 4.05. The molecular formula is C20H27N3O6. The normalized spacial score (nSPS) is 16.1. The Morgan fingerprint density at radius 3 is 2.48 bits per heavy atom. The third kappa shape index (κ3) is 7.44. The molecule has 1 heterocycles. The van der Waals surface area contributed by atoms with Crippen LogP contribution in [0.25, 0.3) is 0 Å². The van der Waals surface area contributed by atoms with Crippen molar-refractivity contribution in [2.75, 3.05) is 13.2 Å². The number of rotatable bonds is 5. The van der Waals surface area contributed by atoms with Crippen molar-refractivity contribution >= 4 is 24.0 Å². The van der Waals surface area contributed by atoms with Crippen molar-refractivity contribution in [3.05, 3.63) is 35.9 Å². The molecule has 4 amide bonds. The standard InChI is InChI=1S/C20H27N3O6/c1-20(2,3)29-19(27)23-11-7-10-15(23)17(25)28-13-16(24)22-18(26)21-12-14-8-5-4-6-9-14/h4-6,8-9,15H,7,10-13H2,1-3H3,(H2,21,22,24,26)/t15-/m0/s1. The predicted molar refractivity (Wildman–Crippen MR) is 104 cm³/mol. The highest BCUT2D eigenvalue weighted by molar-refractivity contribution is 5.95. The van der Waals surface area contributed by atoms with Crippen LogP contribution in [0.2, 0.25) is 0 Å². The molecule has 0 unspecified atom stereocenters. The lowest BCUT2D eigenvalue weighted by molar-refractivity contribution is -0.152. The van der Waals surface area contributed by atoms with E-state index < -0.39 is 42.3 Å². The van der Waals surface area contributed by atoms with E-state index in [-0.39, 0.29) is 6.54 Å². The lowest BCUT2D eigenvalue weighted by atomic mass is 10.2. The molecule has 1 aromatic carbocycles. The average Bonchev–Trinajstić information content (AvgIpc) is 3.14. The van der Waals surface area contributed by atoms with Crippen molar-refractivity contribution in [2.24, 2.45) is 0 Å². The zero-order valence-corrected chi connectivity index (χ0v) is 16.9. The molecule has 2 rings (SSSR count). The minimum absolute atomic E-state index is 0.257. The first-order valence-corrected chi connectivity index (χ1v) is 9.43. The summed E-state index contributed by atoms with van der Waals surface area (Å²) in [6.07, 6.45) is 0.464. The lowest BCUT2D eigenvalue weighted by Crippen LogP contribution is -2.45. The van der Waals surface area contributed by atoms with Crippen molar-refractivity contribution in [1.82, 2.24) is 15.5 Å². The molecule has 1 aromatic rings. The maximum Gasteiger partial charge on any atom is 0.411 e. The smallest absolute Gasteiger partial charge is 0.411 e. The number of esters is 1. The predicted octanol–water partition coefficient (Wildman–Crippen LogP) is 1.96. The zero-order chi connectivity index (χ0) is 21.4. The molecule has 1 aliphatic heterocycles. The lowest BCUT2D eigenvalue weighted by Gasteiger charge is -2.27. The van der Waals surface area contributed by atoms with E-state index >= 15 is 0 Å². The highest BCUT2D eigenvalue weighted by atomic mass is 16.6. The minimum Gasteiger partial charge on any atom is -0.454 e. The number of hydrogen-bond acceptors (Lipinski definition) is 6. The monoisotopic (exact) mass is 405 g/mol. The number of amides is 4. The molecule has 0 bridgehead atoms. The quantitative estimate of drug-likeness (QED) is 0.724. The maximum absolute atomic E-state index is 12.3. The molecule has 0 aromatic heterocycles. The number of nitrogens with one attached hydrogen (secondary N) is 2. The molecule has 1 saturated heterocycles. The Labute approximate surface area is 169 Å². The number of likely N-dealkylation sites (tertiary alicyclic amines) is 1. The van der Waals surface area contributed by atoms with Crippen molar-refractivity contribution in [1.29, 1.82) is 0 Å². The van der Waals surface area contributed by atoms with Crippen LogP contribution < -0.4 is 10.6 Å². The van der Waals surface area contributed by atoms with Crippen LogP contribution in [-0.4, -0.2) is 53.7 Å². The number of hydrogen-bond donors (Lipinski definition) is 2. The van der Waals surface area contributed by atoms with E-state index in [0.29, 0.717) is 19.4 Å². The van der Waals surface area contributed by atoms with Crippen LogP contribution in [0.5, 0.6) is 0 Å². The highest BCUT2D eigenvalue weighted by Gasteiger charge is 2.37. The minimum atomic E-state index is -0.801. The van der Waals surface area contributed by atoms with Crippen LogP contribution in [0.15, 0.2) is 30.3 Å². The molecule has 158 valence electrons. The van der Waals surface area contributed by atoms with E-state index in [1.54, 1.807) is 20.8 Å². The van der Waals surface area contributed by atoms with Crippen LogP contribution in [-0.2, 0) is 25.6 Å². The zero-order valence-electron chi connectivity index (χ0n) is 16.9. The average molecular weight is 405 g/mol. The fourth-order valence-corrected chi connectivity index (χ4v) is 2.77. The molecule has 9 heteroatoms. The van der Waals surface area contributed by atoms with E-state index in [0.717, 1.165) is 5.56 Å². The van der Waals surface area contributed by atoms with Gasteiger partial charge in [0.25, 0.3) is 5.91 Å². The van der Waals surface area contributed by atoms with Gasteiger partial charge in [-0.05, 0) is 39.2 Å². The number of carbonyl (C=O) groups excluding carboxylic acids is 4. The van der Waals surface area contributed by atoms with Crippen LogP contribution in [0.3, 0.4) is 0 Å². The van der Waals surface area contributed by atoms with Gasteiger partial charge in [-0.2, -0.15) is 0 Å². The van der Waals surface area contributed by atoms with Gasteiger partial charge in [-0.15, -0.1) is 0 Å².